The van der Waals surface area contributed by atoms with E-state index in [1.807, 2.05) is 71.1 Å². The maximum Gasteiger partial charge on any atom is 0.410 e. The summed E-state index contributed by atoms with van der Waals surface area (Å²) in [6.45, 7) is 9.20. The molecule has 0 spiro atoms. The van der Waals surface area contributed by atoms with E-state index in [4.69, 9.17) is 9.72 Å². The fraction of sp³-hybridized carbons (Fsp3) is 0.417. The molecule has 2 aromatic heterocycles. The van der Waals surface area contributed by atoms with Crippen molar-refractivity contribution in [2.24, 2.45) is 7.05 Å². The molecule has 3 aromatic rings. The van der Waals surface area contributed by atoms with Crippen LogP contribution in [-0.4, -0.2) is 68.3 Å². The Hall–Kier alpha value is -3.42. The Balaban J connectivity index is 1.62. The molecule has 1 aliphatic heterocycles. The van der Waals surface area contributed by atoms with Gasteiger partial charge < -0.3 is 14.5 Å². The maximum atomic E-state index is 13.6. The van der Waals surface area contributed by atoms with E-state index in [0.29, 0.717) is 37.4 Å². The van der Waals surface area contributed by atoms with Crippen molar-refractivity contribution >= 4 is 23.0 Å². The summed E-state index contributed by atoms with van der Waals surface area (Å²) >= 11 is 0. The molecule has 0 atom stereocenters. The van der Waals surface area contributed by atoms with Crippen LogP contribution in [0.5, 0.6) is 0 Å². The first-order chi connectivity index (χ1) is 15.1. The highest BCUT2D eigenvalue weighted by molar-refractivity contribution is 6.07. The molecule has 3 heterocycles. The molecule has 1 aliphatic rings. The Morgan fingerprint density at radius 3 is 2.25 bits per heavy atom. The van der Waals surface area contributed by atoms with E-state index >= 15 is 0 Å². The second-order valence-electron chi connectivity index (χ2n) is 9.09. The van der Waals surface area contributed by atoms with Crippen LogP contribution in [-0.2, 0) is 11.8 Å². The molecule has 2 amide bonds. The third kappa shape index (κ3) is 4.30. The van der Waals surface area contributed by atoms with Gasteiger partial charge in [0.2, 0.25) is 0 Å². The van der Waals surface area contributed by atoms with Crippen LogP contribution >= 0.6 is 0 Å². The molecular formula is C24H29N5O3. The van der Waals surface area contributed by atoms with Crippen LogP contribution in [0.4, 0.5) is 4.79 Å². The van der Waals surface area contributed by atoms with Crippen LogP contribution in [0.3, 0.4) is 0 Å². The molecule has 32 heavy (non-hydrogen) atoms. The number of nitrogens with zero attached hydrogens (tertiary/aromatic N) is 5. The van der Waals surface area contributed by atoms with Gasteiger partial charge in [0.25, 0.3) is 5.91 Å². The summed E-state index contributed by atoms with van der Waals surface area (Å²) in [5.41, 5.74) is 3.17. The number of aryl methyl sites for hydroxylation is 2. The average molecular weight is 436 g/mol. The largest absolute Gasteiger partial charge is 0.444 e. The Morgan fingerprint density at radius 1 is 1.00 bits per heavy atom. The highest BCUT2D eigenvalue weighted by Gasteiger charge is 2.30. The van der Waals surface area contributed by atoms with E-state index < -0.39 is 5.60 Å². The van der Waals surface area contributed by atoms with Crippen molar-refractivity contribution in [3.05, 3.63) is 47.7 Å². The quantitative estimate of drug-likeness (QED) is 0.614. The number of benzene rings is 1. The van der Waals surface area contributed by atoms with Gasteiger partial charge in [-0.15, -0.1) is 0 Å². The predicted molar refractivity (Wildman–Crippen MR) is 122 cm³/mol. The molecule has 0 unspecified atom stereocenters. The summed E-state index contributed by atoms with van der Waals surface area (Å²) in [6.07, 6.45) is -0.342. The average Bonchev–Trinajstić information content (AvgIpc) is 3.05. The standard InChI is InChI=1S/C24H29N5O3/c1-16-20-18(15-19(17-9-7-6-8-10-17)25-21(20)27(5)26-16)22(30)28-11-13-29(14-12-28)23(31)32-24(2,3)4/h6-10,15H,11-14H2,1-5H3. The smallest absolute Gasteiger partial charge is 0.410 e. The number of piperazine rings is 1. The first-order valence-electron chi connectivity index (χ1n) is 10.8. The van der Waals surface area contributed by atoms with Crippen LogP contribution in [0.2, 0.25) is 0 Å². The first-order valence-corrected chi connectivity index (χ1v) is 10.8. The molecular weight excluding hydrogens is 406 g/mol. The van der Waals surface area contributed by atoms with E-state index in [2.05, 4.69) is 5.10 Å². The number of carbonyl (C=O) groups is 2. The minimum Gasteiger partial charge on any atom is -0.444 e. The van der Waals surface area contributed by atoms with Gasteiger partial charge in [0.05, 0.1) is 22.3 Å². The van der Waals surface area contributed by atoms with Gasteiger partial charge in [-0.1, -0.05) is 30.3 Å². The molecule has 0 saturated carbocycles. The molecule has 168 valence electrons. The number of rotatable bonds is 2. The van der Waals surface area contributed by atoms with Gasteiger partial charge in [-0.05, 0) is 33.8 Å². The minimum atomic E-state index is -0.543. The van der Waals surface area contributed by atoms with E-state index in [1.54, 1.807) is 14.5 Å². The fourth-order valence-corrected chi connectivity index (χ4v) is 3.96. The van der Waals surface area contributed by atoms with Crippen molar-refractivity contribution in [1.82, 2.24) is 24.6 Å². The molecule has 1 saturated heterocycles. The van der Waals surface area contributed by atoms with Crippen LogP contribution in [0.25, 0.3) is 22.3 Å². The van der Waals surface area contributed by atoms with E-state index in [1.165, 1.54) is 0 Å². The van der Waals surface area contributed by atoms with Crippen molar-refractivity contribution in [1.29, 1.82) is 0 Å². The zero-order valence-electron chi connectivity index (χ0n) is 19.3. The molecule has 4 rings (SSSR count). The summed E-state index contributed by atoms with van der Waals surface area (Å²) in [4.78, 5) is 34.2. The van der Waals surface area contributed by atoms with Crippen molar-refractivity contribution in [3.8, 4) is 11.3 Å². The van der Waals surface area contributed by atoms with E-state index in [0.717, 1.165) is 22.3 Å². The Bertz CT molecular complexity index is 1160. The fourth-order valence-electron chi connectivity index (χ4n) is 3.96. The lowest BCUT2D eigenvalue weighted by molar-refractivity contribution is 0.0141. The number of aromatic nitrogens is 3. The van der Waals surface area contributed by atoms with Crippen molar-refractivity contribution < 1.29 is 14.3 Å². The number of hydrogen-bond acceptors (Lipinski definition) is 5. The van der Waals surface area contributed by atoms with Gasteiger partial charge in [0.1, 0.15) is 5.60 Å². The number of hydrogen-bond donors (Lipinski definition) is 0. The second kappa shape index (κ2) is 8.26. The van der Waals surface area contributed by atoms with Crippen LogP contribution in [0, 0.1) is 6.92 Å². The number of carbonyl (C=O) groups excluding carboxylic acids is 2. The Kier molecular flexibility index (Phi) is 5.62. The monoisotopic (exact) mass is 435 g/mol. The number of fused-ring (bicyclic) bond motifs is 1. The van der Waals surface area contributed by atoms with Gasteiger partial charge in [-0.25, -0.2) is 9.78 Å². The second-order valence-corrected chi connectivity index (χ2v) is 9.09. The maximum absolute atomic E-state index is 13.6. The van der Waals surface area contributed by atoms with Crippen molar-refractivity contribution in [2.75, 3.05) is 26.2 Å². The van der Waals surface area contributed by atoms with Crippen LogP contribution < -0.4 is 0 Å². The Labute approximate surface area is 187 Å². The van der Waals surface area contributed by atoms with Crippen molar-refractivity contribution in [3.63, 3.8) is 0 Å². The molecule has 0 radical (unpaired) electrons. The zero-order valence-corrected chi connectivity index (χ0v) is 19.3. The summed E-state index contributed by atoms with van der Waals surface area (Å²) in [7, 11) is 1.84. The molecule has 0 N–H and O–H groups in total. The first kappa shape index (κ1) is 21.8. The van der Waals surface area contributed by atoms with Gasteiger partial charge in [-0.2, -0.15) is 5.10 Å². The number of amides is 2. The molecule has 0 bridgehead atoms. The van der Waals surface area contributed by atoms with Gasteiger partial charge >= 0.3 is 6.09 Å². The van der Waals surface area contributed by atoms with Crippen molar-refractivity contribution in [2.45, 2.75) is 33.3 Å². The lowest BCUT2D eigenvalue weighted by Gasteiger charge is -2.35. The topological polar surface area (TPSA) is 80.6 Å². The third-order valence-corrected chi connectivity index (χ3v) is 5.49. The molecule has 8 nitrogen and oxygen atoms in total. The normalized spacial score (nSPS) is 14.7. The summed E-state index contributed by atoms with van der Waals surface area (Å²) < 4.78 is 7.18. The molecule has 0 aliphatic carbocycles. The third-order valence-electron chi connectivity index (χ3n) is 5.49. The highest BCUT2D eigenvalue weighted by atomic mass is 16.6. The lowest BCUT2D eigenvalue weighted by Crippen LogP contribution is -2.51. The van der Waals surface area contributed by atoms with Crippen LogP contribution in [0.1, 0.15) is 36.8 Å². The molecule has 1 fully saturated rings. The summed E-state index contributed by atoms with van der Waals surface area (Å²) in [5.74, 6) is -0.0745. The zero-order chi connectivity index (χ0) is 23.0. The number of ether oxygens (including phenoxy) is 1. The predicted octanol–water partition coefficient (Wildman–Crippen LogP) is 3.64. The van der Waals surface area contributed by atoms with E-state index in [-0.39, 0.29) is 12.0 Å². The van der Waals surface area contributed by atoms with Gasteiger partial charge in [0, 0.05) is 38.8 Å². The lowest BCUT2D eigenvalue weighted by atomic mass is 10.0. The van der Waals surface area contributed by atoms with E-state index in [9.17, 15) is 9.59 Å². The van der Waals surface area contributed by atoms with Crippen LogP contribution in [0.15, 0.2) is 36.4 Å². The highest BCUT2D eigenvalue weighted by Crippen LogP contribution is 2.28. The SMILES string of the molecule is Cc1nn(C)c2nc(-c3ccccc3)cc(C(=O)N3CCN(C(=O)OC(C)(C)C)CC3)c12. The molecule has 8 heteroatoms. The minimum absolute atomic E-state index is 0.0745. The summed E-state index contributed by atoms with van der Waals surface area (Å²) in [6, 6.07) is 11.7. The summed E-state index contributed by atoms with van der Waals surface area (Å²) in [5, 5.41) is 5.27. The van der Waals surface area contributed by atoms with Gasteiger partial charge in [-0.3, -0.25) is 9.48 Å². The molecule has 1 aromatic carbocycles. The Morgan fingerprint density at radius 2 is 1.62 bits per heavy atom. The number of pyridine rings is 1. The van der Waals surface area contributed by atoms with Gasteiger partial charge in [0.15, 0.2) is 5.65 Å².